The van der Waals surface area contributed by atoms with E-state index in [9.17, 15) is 0 Å². The summed E-state index contributed by atoms with van der Waals surface area (Å²) in [7, 11) is 0. The topological polar surface area (TPSA) is 59.1 Å². The van der Waals surface area contributed by atoms with E-state index in [0.29, 0.717) is 6.42 Å². The van der Waals surface area contributed by atoms with Crippen LogP contribution < -0.4 is 5.73 Å². The Morgan fingerprint density at radius 3 is 2.83 bits per heavy atom. The number of aliphatic hydroxyl groups excluding tert-OH is 1. The van der Waals surface area contributed by atoms with Crippen molar-refractivity contribution in [2.24, 2.45) is 5.73 Å². The highest BCUT2D eigenvalue weighted by atomic mass is 16.3. The highest BCUT2D eigenvalue weighted by Crippen LogP contribution is 2.11. The van der Waals surface area contributed by atoms with Gasteiger partial charge in [0.15, 0.2) is 0 Å². The summed E-state index contributed by atoms with van der Waals surface area (Å²) in [5.41, 5.74) is 7.72. The van der Waals surface area contributed by atoms with Crippen LogP contribution >= 0.6 is 0 Å². The minimum atomic E-state index is -0.0944. The first-order chi connectivity index (χ1) is 5.74. The van der Waals surface area contributed by atoms with Crippen LogP contribution in [0.2, 0.25) is 0 Å². The molecule has 3 N–H and O–H groups in total. The number of hydrogen-bond donors (Lipinski definition) is 2. The molecule has 0 amide bonds. The second kappa shape index (κ2) is 4.18. The maximum atomic E-state index is 8.65. The summed E-state index contributed by atoms with van der Waals surface area (Å²) in [4.78, 5) is 4.12. The number of aryl methyl sites for hydroxylation is 1. The first-order valence-electron chi connectivity index (χ1n) is 4.03. The summed E-state index contributed by atoms with van der Waals surface area (Å²) < 4.78 is 0. The Kier molecular flexibility index (Phi) is 3.19. The highest BCUT2D eigenvalue weighted by molar-refractivity contribution is 5.16. The lowest BCUT2D eigenvalue weighted by Gasteiger charge is -2.09. The van der Waals surface area contributed by atoms with Gasteiger partial charge in [-0.05, 0) is 25.0 Å². The summed E-state index contributed by atoms with van der Waals surface area (Å²) >= 11 is 0. The van der Waals surface area contributed by atoms with E-state index in [-0.39, 0.29) is 12.6 Å². The van der Waals surface area contributed by atoms with Crippen molar-refractivity contribution in [3.63, 3.8) is 0 Å². The molecule has 1 heterocycles. The number of nitrogens with zero attached hydrogens (tertiary/aromatic N) is 1. The molecule has 0 fully saturated rings. The van der Waals surface area contributed by atoms with Crippen molar-refractivity contribution in [2.75, 3.05) is 6.61 Å². The van der Waals surface area contributed by atoms with Gasteiger partial charge in [-0.25, -0.2) is 0 Å². The third-order valence-corrected chi connectivity index (χ3v) is 1.80. The van der Waals surface area contributed by atoms with E-state index in [1.807, 2.05) is 19.1 Å². The molecule has 0 aliphatic carbocycles. The van der Waals surface area contributed by atoms with Gasteiger partial charge in [-0.2, -0.15) is 0 Å². The summed E-state index contributed by atoms with van der Waals surface area (Å²) in [6.45, 7) is 2.05. The Balaban J connectivity index is 2.68. The smallest absolute Gasteiger partial charge is 0.0449 e. The van der Waals surface area contributed by atoms with E-state index < -0.39 is 0 Å². The quantitative estimate of drug-likeness (QED) is 0.697. The monoisotopic (exact) mass is 166 g/mol. The second-order valence-electron chi connectivity index (χ2n) is 2.85. The molecular weight excluding hydrogens is 152 g/mol. The van der Waals surface area contributed by atoms with Crippen molar-refractivity contribution in [3.8, 4) is 0 Å². The average Bonchev–Trinajstić information content (AvgIpc) is 2.06. The fraction of sp³-hybridized carbons (Fsp3) is 0.444. The van der Waals surface area contributed by atoms with Gasteiger partial charge in [0.2, 0.25) is 0 Å². The van der Waals surface area contributed by atoms with Crippen LogP contribution in [-0.4, -0.2) is 16.7 Å². The SMILES string of the molecule is Cc1ccc(C(N)CCO)cn1. The van der Waals surface area contributed by atoms with Crippen molar-refractivity contribution in [3.05, 3.63) is 29.6 Å². The zero-order valence-electron chi connectivity index (χ0n) is 7.20. The Bertz CT molecular complexity index is 233. The normalized spacial score (nSPS) is 12.9. The molecule has 1 rings (SSSR count). The predicted molar refractivity (Wildman–Crippen MR) is 47.6 cm³/mol. The van der Waals surface area contributed by atoms with Crippen molar-refractivity contribution >= 4 is 0 Å². The van der Waals surface area contributed by atoms with Crippen molar-refractivity contribution in [2.45, 2.75) is 19.4 Å². The number of pyridine rings is 1. The third kappa shape index (κ3) is 2.29. The van der Waals surface area contributed by atoms with E-state index in [4.69, 9.17) is 10.8 Å². The lowest BCUT2D eigenvalue weighted by atomic mass is 10.1. The summed E-state index contributed by atoms with van der Waals surface area (Å²) in [6.07, 6.45) is 2.35. The molecule has 0 saturated carbocycles. The van der Waals surface area contributed by atoms with Crippen LogP contribution in [0.25, 0.3) is 0 Å². The molecule has 1 unspecified atom stereocenters. The molecule has 1 aromatic heterocycles. The van der Waals surface area contributed by atoms with E-state index >= 15 is 0 Å². The summed E-state index contributed by atoms with van der Waals surface area (Å²) in [6, 6.07) is 3.78. The van der Waals surface area contributed by atoms with Crippen molar-refractivity contribution in [1.29, 1.82) is 0 Å². The minimum absolute atomic E-state index is 0.0944. The molecule has 0 bridgehead atoms. The maximum absolute atomic E-state index is 8.65. The molecule has 0 saturated heterocycles. The Morgan fingerprint density at radius 2 is 2.33 bits per heavy atom. The molecule has 0 spiro atoms. The van der Waals surface area contributed by atoms with Crippen molar-refractivity contribution < 1.29 is 5.11 Å². The number of aromatic nitrogens is 1. The first-order valence-corrected chi connectivity index (χ1v) is 4.03. The second-order valence-corrected chi connectivity index (χ2v) is 2.85. The van der Waals surface area contributed by atoms with Crippen LogP contribution in [0.3, 0.4) is 0 Å². The molecule has 1 atom stereocenters. The molecule has 3 heteroatoms. The number of hydrogen-bond acceptors (Lipinski definition) is 3. The molecule has 66 valence electrons. The zero-order valence-corrected chi connectivity index (χ0v) is 7.20. The van der Waals surface area contributed by atoms with E-state index in [1.165, 1.54) is 0 Å². The highest BCUT2D eigenvalue weighted by Gasteiger charge is 2.04. The van der Waals surface area contributed by atoms with E-state index in [0.717, 1.165) is 11.3 Å². The van der Waals surface area contributed by atoms with Gasteiger partial charge in [0, 0.05) is 24.5 Å². The van der Waals surface area contributed by atoms with Gasteiger partial charge in [-0.15, -0.1) is 0 Å². The van der Waals surface area contributed by atoms with Gasteiger partial charge >= 0.3 is 0 Å². The van der Waals surface area contributed by atoms with Gasteiger partial charge in [0.25, 0.3) is 0 Å². The summed E-state index contributed by atoms with van der Waals surface area (Å²) in [5, 5.41) is 8.65. The Morgan fingerprint density at radius 1 is 1.58 bits per heavy atom. The molecular formula is C9H14N2O. The predicted octanol–water partition coefficient (Wildman–Crippen LogP) is 0.772. The molecule has 12 heavy (non-hydrogen) atoms. The summed E-state index contributed by atoms with van der Waals surface area (Å²) in [5.74, 6) is 0. The average molecular weight is 166 g/mol. The third-order valence-electron chi connectivity index (χ3n) is 1.80. The molecule has 0 aliphatic heterocycles. The van der Waals surface area contributed by atoms with Gasteiger partial charge in [-0.1, -0.05) is 6.07 Å². The Labute approximate surface area is 72.2 Å². The largest absolute Gasteiger partial charge is 0.396 e. The molecule has 0 radical (unpaired) electrons. The van der Waals surface area contributed by atoms with Crippen LogP contribution in [0.1, 0.15) is 23.7 Å². The lowest BCUT2D eigenvalue weighted by molar-refractivity contribution is 0.276. The fourth-order valence-electron chi connectivity index (χ4n) is 1.00. The van der Waals surface area contributed by atoms with Gasteiger partial charge in [-0.3, -0.25) is 4.98 Å². The van der Waals surface area contributed by atoms with Crippen molar-refractivity contribution in [1.82, 2.24) is 4.98 Å². The molecule has 0 aliphatic rings. The molecule has 0 aromatic carbocycles. The van der Waals surface area contributed by atoms with Crippen LogP contribution in [0.15, 0.2) is 18.3 Å². The minimum Gasteiger partial charge on any atom is -0.396 e. The Hall–Kier alpha value is -0.930. The lowest BCUT2D eigenvalue weighted by Crippen LogP contribution is -2.12. The molecule has 3 nitrogen and oxygen atoms in total. The van der Waals surface area contributed by atoms with E-state index in [1.54, 1.807) is 6.20 Å². The van der Waals surface area contributed by atoms with Crippen LogP contribution in [0.5, 0.6) is 0 Å². The maximum Gasteiger partial charge on any atom is 0.0449 e. The van der Waals surface area contributed by atoms with E-state index in [2.05, 4.69) is 4.98 Å². The van der Waals surface area contributed by atoms with Gasteiger partial charge in [0.05, 0.1) is 0 Å². The number of aliphatic hydroxyl groups is 1. The van der Waals surface area contributed by atoms with Crippen LogP contribution in [0, 0.1) is 6.92 Å². The fourth-order valence-corrected chi connectivity index (χ4v) is 1.00. The molecule has 1 aromatic rings. The number of rotatable bonds is 3. The first kappa shape index (κ1) is 9.16. The zero-order chi connectivity index (χ0) is 8.97. The number of nitrogens with two attached hydrogens (primary N) is 1. The van der Waals surface area contributed by atoms with Crippen LogP contribution in [0.4, 0.5) is 0 Å². The van der Waals surface area contributed by atoms with Crippen LogP contribution in [-0.2, 0) is 0 Å². The van der Waals surface area contributed by atoms with Gasteiger partial charge in [0.1, 0.15) is 0 Å². The van der Waals surface area contributed by atoms with Gasteiger partial charge < -0.3 is 10.8 Å². The standard InChI is InChI=1S/C9H14N2O/c1-7-2-3-8(6-11-7)9(10)4-5-12/h2-3,6,9,12H,4-5,10H2,1H3.